The van der Waals surface area contributed by atoms with Crippen LogP contribution in [0.4, 0.5) is 0 Å². The molecule has 1 saturated heterocycles. The molecule has 1 atom stereocenters. The first-order valence-electron chi connectivity index (χ1n) is 9.28. The van der Waals surface area contributed by atoms with Gasteiger partial charge in [-0.05, 0) is 41.3 Å². The maximum atomic E-state index is 9.06. The Morgan fingerprint density at radius 2 is 2.15 bits per heavy atom. The molecule has 1 aliphatic rings. The molecule has 2 aromatic rings. The van der Waals surface area contributed by atoms with E-state index in [1.54, 1.807) is 0 Å². The topological polar surface area (TPSA) is 80.3 Å². The van der Waals surface area contributed by atoms with Gasteiger partial charge in [0.05, 0.1) is 24.3 Å². The van der Waals surface area contributed by atoms with Crippen molar-refractivity contribution in [2.45, 2.75) is 25.9 Å². The number of ether oxygens (including phenoxy) is 1. The molecule has 0 spiro atoms. The summed E-state index contributed by atoms with van der Waals surface area (Å²) < 4.78 is 5.90. The van der Waals surface area contributed by atoms with Crippen molar-refractivity contribution in [1.29, 1.82) is 5.26 Å². The van der Waals surface area contributed by atoms with Gasteiger partial charge >= 0.3 is 0 Å². The fraction of sp³-hybridized carbons (Fsp3) is 0.318. The SMILES string of the molecule is CC/C=C(\ON)c1c(CC2CNCCO2)cccc1-c1ccc(C#N)cc1. The van der Waals surface area contributed by atoms with E-state index < -0.39 is 0 Å². The van der Waals surface area contributed by atoms with E-state index >= 15 is 0 Å². The van der Waals surface area contributed by atoms with E-state index in [1.807, 2.05) is 36.4 Å². The van der Waals surface area contributed by atoms with Crippen LogP contribution >= 0.6 is 0 Å². The Morgan fingerprint density at radius 1 is 1.33 bits per heavy atom. The molecule has 1 fully saturated rings. The third kappa shape index (κ3) is 4.55. The molecule has 0 aromatic heterocycles. The molecule has 1 heterocycles. The van der Waals surface area contributed by atoms with Crippen LogP contribution in [0.2, 0.25) is 0 Å². The van der Waals surface area contributed by atoms with Crippen molar-refractivity contribution in [2.75, 3.05) is 19.7 Å². The van der Waals surface area contributed by atoms with Gasteiger partial charge in [0.15, 0.2) is 5.76 Å². The molecule has 0 radical (unpaired) electrons. The van der Waals surface area contributed by atoms with Crippen LogP contribution in [0, 0.1) is 11.3 Å². The average Bonchev–Trinajstić information content (AvgIpc) is 2.73. The smallest absolute Gasteiger partial charge is 0.150 e. The van der Waals surface area contributed by atoms with E-state index in [4.69, 9.17) is 20.7 Å². The van der Waals surface area contributed by atoms with Crippen molar-refractivity contribution in [3.8, 4) is 17.2 Å². The predicted octanol–water partition coefficient (Wildman–Crippen LogP) is 3.40. The fourth-order valence-corrected chi connectivity index (χ4v) is 3.42. The molecule has 3 N–H and O–H groups in total. The number of morpholine rings is 1. The first-order chi connectivity index (χ1) is 13.3. The Hall–Kier alpha value is -2.65. The molecule has 5 nitrogen and oxygen atoms in total. The lowest BCUT2D eigenvalue weighted by molar-refractivity contribution is 0.0291. The molecule has 0 aliphatic carbocycles. The zero-order chi connectivity index (χ0) is 19.1. The minimum atomic E-state index is 0.120. The van der Waals surface area contributed by atoms with Gasteiger partial charge in [-0.1, -0.05) is 37.3 Å². The second kappa shape index (κ2) is 9.33. The lowest BCUT2D eigenvalue weighted by Crippen LogP contribution is -2.39. The van der Waals surface area contributed by atoms with Crippen molar-refractivity contribution in [1.82, 2.24) is 5.32 Å². The largest absolute Gasteiger partial charge is 0.411 e. The van der Waals surface area contributed by atoms with E-state index in [2.05, 4.69) is 30.4 Å². The predicted molar refractivity (Wildman–Crippen MR) is 106 cm³/mol. The summed E-state index contributed by atoms with van der Waals surface area (Å²) in [6, 6.07) is 15.9. The summed E-state index contributed by atoms with van der Waals surface area (Å²) in [7, 11) is 0. The van der Waals surface area contributed by atoms with Crippen LogP contribution in [0.5, 0.6) is 0 Å². The Balaban J connectivity index is 2.07. The molecule has 27 heavy (non-hydrogen) atoms. The Kier molecular flexibility index (Phi) is 6.61. The second-order valence-electron chi connectivity index (χ2n) is 6.52. The van der Waals surface area contributed by atoms with Gasteiger partial charge < -0.3 is 14.9 Å². The van der Waals surface area contributed by atoms with Gasteiger partial charge in [0.25, 0.3) is 0 Å². The molecule has 0 bridgehead atoms. The molecular weight excluding hydrogens is 338 g/mol. The van der Waals surface area contributed by atoms with Crippen molar-refractivity contribution in [3.05, 3.63) is 65.2 Å². The van der Waals surface area contributed by atoms with E-state index in [-0.39, 0.29) is 6.10 Å². The average molecular weight is 363 g/mol. The number of benzene rings is 2. The first kappa shape index (κ1) is 19.1. The van der Waals surface area contributed by atoms with Crippen LogP contribution in [-0.4, -0.2) is 25.8 Å². The standard InChI is InChI=1S/C22H25N3O2/c1-2-4-21(27-24)22-18(13-19-15-25-11-12-26-19)5-3-6-20(22)17-9-7-16(14-23)8-10-17/h3-10,19,25H,2,11-13,15,24H2,1H3/b21-4-. The van der Waals surface area contributed by atoms with Crippen molar-refractivity contribution >= 4 is 5.76 Å². The van der Waals surface area contributed by atoms with Gasteiger partial charge in [-0.15, -0.1) is 0 Å². The third-order valence-electron chi connectivity index (χ3n) is 4.69. The van der Waals surface area contributed by atoms with Crippen LogP contribution in [0.3, 0.4) is 0 Å². The Bertz CT molecular complexity index is 832. The number of hydrogen-bond acceptors (Lipinski definition) is 5. The van der Waals surface area contributed by atoms with Crippen LogP contribution < -0.4 is 11.2 Å². The summed E-state index contributed by atoms with van der Waals surface area (Å²) in [5, 5.41) is 12.4. The van der Waals surface area contributed by atoms with Gasteiger partial charge in [-0.3, -0.25) is 0 Å². The Labute approximate surface area is 160 Å². The van der Waals surface area contributed by atoms with Crippen molar-refractivity contribution in [2.24, 2.45) is 5.90 Å². The minimum absolute atomic E-state index is 0.120. The normalized spacial score (nSPS) is 17.4. The van der Waals surface area contributed by atoms with Crippen LogP contribution in [0.15, 0.2) is 48.5 Å². The maximum absolute atomic E-state index is 9.06. The number of nitriles is 1. The number of allylic oxidation sites excluding steroid dienone is 1. The van der Waals surface area contributed by atoms with E-state index in [0.29, 0.717) is 11.3 Å². The lowest BCUT2D eigenvalue weighted by Gasteiger charge is -2.25. The van der Waals surface area contributed by atoms with Gasteiger partial charge in [0.2, 0.25) is 0 Å². The summed E-state index contributed by atoms with van der Waals surface area (Å²) in [5.41, 5.74) is 4.81. The third-order valence-corrected chi connectivity index (χ3v) is 4.69. The molecule has 1 aliphatic heterocycles. The molecule has 0 saturated carbocycles. The molecule has 3 rings (SSSR count). The van der Waals surface area contributed by atoms with Gasteiger partial charge in [0.1, 0.15) is 0 Å². The zero-order valence-corrected chi connectivity index (χ0v) is 15.6. The van der Waals surface area contributed by atoms with Gasteiger partial charge in [0, 0.05) is 25.1 Å². The highest BCUT2D eigenvalue weighted by atomic mass is 16.6. The Morgan fingerprint density at radius 3 is 2.78 bits per heavy atom. The summed E-state index contributed by atoms with van der Waals surface area (Å²) in [6.07, 6.45) is 3.70. The van der Waals surface area contributed by atoms with Crippen LogP contribution in [0.1, 0.15) is 30.0 Å². The number of nitrogens with zero attached hydrogens (tertiary/aromatic N) is 1. The molecular formula is C22H25N3O2. The summed E-state index contributed by atoms with van der Waals surface area (Å²) in [6.45, 7) is 4.50. The van der Waals surface area contributed by atoms with Crippen LogP contribution in [0.25, 0.3) is 16.9 Å². The van der Waals surface area contributed by atoms with Crippen LogP contribution in [-0.2, 0) is 16.0 Å². The van der Waals surface area contributed by atoms with Crippen molar-refractivity contribution in [3.63, 3.8) is 0 Å². The summed E-state index contributed by atoms with van der Waals surface area (Å²) in [4.78, 5) is 5.27. The van der Waals surface area contributed by atoms with Gasteiger partial charge in [-0.25, -0.2) is 0 Å². The number of hydrogen-bond donors (Lipinski definition) is 2. The van der Waals surface area contributed by atoms with E-state index in [9.17, 15) is 0 Å². The summed E-state index contributed by atoms with van der Waals surface area (Å²) >= 11 is 0. The number of nitrogens with one attached hydrogen (secondary N) is 1. The fourth-order valence-electron chi connectivity index (χ4n) is 3.42. The van der Waals surface area contributed by atoms with E-state index in [1.165, 1.54) is 0 Å². The minimum Gasteiger partial charge on any atom is -0.411 e. The van der Waals surface area contributed by atoms with Gasteiger partial charge in [-0.2, -0.15) is 11.2 Å². The molecule has 2 aromatic carbocycles. The molecule has 0 amide bonds. The van der Waals surface area contributed by atoms with E-state index in [0.717, 1.165) is 54.8 Å². The highest BCUT2D eigenvalue weighted by Gasteiger charge is 2.20. The highest BCUT2D eigenvalue weighted by Crippen LogP contribution is 2.33. The van der Waals surface area contributed by atoms with Crippen molar-refractivity contribution < 1.29 is 9.57 Å². The first-order valence-corrected chi connectivity index (χ1v) is 9.28. The number of rotatable bonds is 6. The second-order valence-corrected chi connectivity index (χ2v) is 6.52. The number of nitrogens with two attached hydrogens (primary N) is 1. The molecule has 5 heteroatoms. The zero-order valence-electron chi connectivity index (χ0n) is 15.6. The molecule has 1 unspecified atom stereocenters. The lowest BCUT2D eigenvalue weighted by atomic mass is 9.90. The highest BCUT2D eigenvalue weighted by molar-refractivity contribution is 5.81. The molecule has 140 valence electrons. The monoisotopic (exact) mass is 363 g/mol. The maximum Gasteiger partial charge on any atom is 0.150 e. The quantitative estimate of drug-likeness (QED) is 0.607. The summed E-state index contributed by atoms with van der Waals surface area (Å²) in [5.74, 6) is 6.29.